The molecule has 1 unspecified atom stereocenters. The molecule has 3 saturated heterocycles. The zero-order valence-electron chi connectivity index (χ0n) is 16.5. The summed E-state index contributed by atoms with van der Waals surface area (Å²) in [7, 11) is 1.53. The van der Waals surface area contributed by atoms with Gasteiger partial charge in [-0.05, 0) is 25.1 Å². The second kappa shape index (κ2) is 9.88. The Morgan fingerprint density at radius 3 is 2.64 bits per heavy atom. The molecule has 2 bridgehead atoms. The maximum absolute atomic E-state index is 12.7. The van der Waals surface area contributed by atoms with Gasteiger partial charge in [0.05, 0.1) is 13.7 Å². The number of nitrogens with zero attached hydrogens (tertiary/aromatic N) is 3. The minimum Gasteiger partial charge on any atom is -0.497 e. The van der Waals surface area contributed by atoms with Gasteiger partial charge in [0.1, 0.15) is 11.5 Å². The van der Waals surface area contributed by atoms with E-state index in [-0.39, 0.29) is 12.3 Å². The molecule has 3 heterocycles. The van der Waals surface area contributed by atoms with Crippen LogP contribution >= 0.6 is 0 Å². The number of fused-ring (bicyclic) bond motifs is 3. The standard InChI is InChI=1S/C19H29F2N5O2/c1-3-22-19(24-12-15-13-25-6-8-26(15)9-7-25)23-11-14-10-16(27-2)4-5-17(14)28-18(20)21/h4-5,10,15,18H,3,6-9,11-13H2,1-2H3,(H2,22,23,24). The van der Waals surface area contributed by atoms with Gasteiger partial charge in [0.25, 0.3) is 0 Å². The maximum atomic E-state index is 12.7. The summed E-state index contributed by atoms with van der Waals surface area (Å²) in [4.78, 5) is 9.55. The third-order valence-corrected chi connectivity index (χ3v) is 5.13. The van der Waals surface area contributed by atoms with Crippen molar-refractivity contribution in [3.05, 3.63) is 23.8 Å². The molecule has 3 aliphatic rings. The van der Waals surface area contributed by atoms with Crippen LogP contribution < -0.4 is 20.1 Å². The summed E-state index contributed by atoms with van der Waals surface area (Å²) in [5.41, 5.74) is 0.545. The minimum atomic E-state index is -2.88. The van der Waals surface area contributed by atoms with Gasteiger partial charge >= 0.3 is 6.61 Å². The van der Waals surface area contributed by atoms with Gasteiger partial charge in [-0.3, -0.25) is 9.80 Å². The number of alkyl halides is 2. The molecule has 0 aromatic heterocycles. The maximum Gasteiger partial charge on any atom is 0.387 e. The zero-order chi connectivity index (χ0) is 19.9. The first-order chi connectivity index (χ1) is 13.6. The van der Waals surface area contributed by atoms with E-state index in [1.54, 1.807) is 12.1 Å². The fraction of sp³-hybridized carbons (Fsp3) is 0.632. The predicted octanol–water partition coefficient (Wildman–Crippen LogP) is 1.35. The van der Waals surface area contributed by atoms with Crippen LogP contribution in [0.5, 0.6) is 11.5 Å². The van der Waals surface area contributed by atoms with Gasteiger partial charge in [-0.1, -0.05) is 0 Å². The van der Waals surface area contributed by atoms with Crippen molar-refractivity contribution in [1.29, 1.82) is 0 Å². The van der Waals surface area contributed by atoms with E-state index in [4.69, 9.17) is 4.74 Å². The first kappa shape index (κ1) is 20.6. The summed E-state index contributed by atoms with van der Waals surface area (Å²) in [6.07, 6.45) is 0. The van der Waals surface area contributed by atoms with Crippen LogP contribution in [0.2, 0.25) is 0 Å². The van der Waals surface area contributed by atoms with Crippen LogP contribution in [0.25, 0.3) is 0 Å². The lowest BCUT2D eigenvalue weighted by molar-refractivity contribution is -0.0504. The van der Waals surface area contributed by atoms with Gasteiger partial charge < -0.3 is 20.1 Å². The monoisotopic (exact) mass is 397 g/mol. The smallest absolute Gasteiger partial charge is 0.387 e. The second-order valence-corrected chi connectivity index (χ2v) is 6.92. The van der Waals surface area contributed by atoms with Gasteiger partial charge in [-0.25, -0.2) is 4.99 Å². The Hall–Kier alpha value is -2.13. The van der Waals surface area contributed by atoms with Crippen LogP contribution in [0.4, 0.5) is 8.78 Å². The number of nitrogens with one attached hydrogen (secondary N) is 2. The minimum absolute atomic E-state index is 0.110. The van der Waals surface area contributed by atoms with Crippen molar-refractivity contribution < 1.29 is 18.3 Å². The molecular weight excluding hydrogens is 368 g/mol. The fourth-order valence-electron chi connectivity index (χ4n) is 3.66. The number of ether oxygens (including phenoxy) is 2. The lowest BCUT2D eigenvalue weighted by atomic mass is 10.1. The number of aliphatic imine (C=N–C) groups is 1. The summed E-state index contributed by atoms with van der Waals surface area (Å²) in [6.45, 7) is 6.39. The van der Waals surface area contributed by atoms with Gasteiger partial charge in [0.15, 0.2) is 5.96 Å². The molecule has 4 rings (SSSR count). The SMILES string of the molecule is CCNC(=NCc1cc(OC)ccc1OC(F)F)NCC1CN2CCN1CC2. The number of guanidine groups is 1. The van der Waals surface area contributed by atoms with E-state index < -0.39 is 6.61 Å². The van der Waals surface area contributed by atoms with Crippen LogP contribution in [0, 0.1) is 0 Å². The predicted molar refractivity (Wildman–Crippen MR) is 104 cm³/mol. The molecule has 0 radical (unpaired) electrons. The molecule has 0 aliphatic carbocycles. The normalized spacial score (nSPS) is 24.3. The lowest BCUT2D eigenvalue weighted by Gasteiger charge is -2.47. The number of hydrogen-bond donors (Lipinski definition) is 2. The van der Waals surface area contributed by atoms with E-state index in [1.807, 2.05) is 6.92 Å². The number of rotatable bonds is 8. The van der Waals surface area contributed by atoms with Gasteiger partial charge in [0, 0.05) is 57.4 Å². The molecule has 1 aromatic rings. The van der Waals surface area contributed by atoms with Gasteiger partial charge in [-0.15, -0.1) is 0 Å². The molecule has 3 fully saturated rings. The van der Waals surface area contributed by atoms with Crippen molar-refractivity contribution >= 4 is 5.96 Å². The van der Waals surface area contributed by atoms with E-state index in [2.05, 4.69) is 30.2 Å². The summed E-state index contributed by atoms with van der Waals surface area (Å²) in [5.74, 6) is 1.34. The fourth-order valence-corrected chi connectivity index (χ4v) is 3.66. The summed E-state index contributed by atoms with van der Waals surface area (Å²) in [5, 5.41) is 6.60. The second-order valence-electron chi connectivity index (χ2n) is 6.92. The molecule has 7 nitrogen and oxygen atoms in total. The number of piperazine rings is 3. The van der Waals surface area contributed by atoms with E-state index in [0.29, 0.717) is 29.9 Å². The quantitative estimate of drug-likeness (QED) is 0.510. The van der Waals surface area contributed by atoms with Gasteiger partial charge in [0.2, 0.25) is 0 Å². The largest absolute Gasteiger partial charge is 0.497 e. The van der Waals surface area contributed by atoms with Crippen molar-refractivity contribution in [1.82, 2.24) is 20.4 Å². The third-order valence-electron chi connectivity index (χ3n) is 5.13. The zero-order valence-corrected chi connectivity index (χ0v) is 16.5. The average Bonchev–Trinajstić information content (AvgIpc) is 2.71. The van der Waals surface area contributed by atoms with Crippen molar-refractivity contribution in [3.8, 4) is 11.5 Å². The molecule has 1 atom stereocenters. The van der Waals surface area contributed by atoms with Crippen LogP contribution in [-0.4, -0.2) is 81.3 Å². The highest BCUT2D eigenvalue weighted by molar-refractivity contribution is 5.79. The Bertz CT molecular complexity index is 666. The highest BCUT2D eigenvalue weighted by Gasteiger charge is 2.31. The van der Waals surface area contributed by atoms with Crippen LogP contribution in [0.1, 0.15) is 12.5 Å². The van der Waals surface area contributed by atoms with E-state index in [0.717, 1.165) is 39.3 Å². The topological polar surface area (TPSA) is 61.4 Å². The summed E-state index contributed by atoms with van der Waals surface area (Å²) in [6, 6.07) is 5.21. The Kier molecular flexibility index (Phi) is 7.27. The van der Waals surface area contributed by atoms with Crippen molar-refractivity contribution in [3.63, 3.8) is 0 Å². The Morgan fingerprint density at radius 2 is 2.04 bits per heavy atom. The molecule has 1 aromatic carbocycles. The first-order valence-corrected chi connectivity index (χ1v) is 9.69. The molecule has 9 heteroatoms. The van der Waals surface area contributed by atoms with E-state index >= 15 is 0 Å². The highest BCUT2D eigenvalue weighted by Crippen LogP contribution is 2.26. The molecule has 0 saturated carbocycles. The van der Waals surface area contributed by atoms with Crippen molar-refractivity contribution in [2.24, 2.45) is 4.99 Å². The Balaban J connectivity index is 1.65. The summed E-state index contributed by atoms with van der Waals surface area (Å²) >= 11 is 0. The van der Waals surface area contributed by atoms with E-state index in [1.165, 1.54) is 13.2 Å². The average molecular weight is 397 g/mol. The number of hydrogen-bond acceptors (Lipinski definition) is 5. The van der Waals surface area contributed by atoms with Crippen molar-refractivity contribution in [2.75, 3.05) is 52.9 Å². The molecule has 3 aliphatic heterocycles. The molecule has 2 N–H and O–H groups in total. The van der Waals surface area contributed by atoms with Gasteiger partial charge in [-0.2, -0.15) is 8.78 Å². The van der Waals surface area contributed by atoms with Crippen molar-refractivity contribution in [2.45, 2.75) is 26.1 Å². The Labute approximate surface area is 164 Å². The molecule has 28 heavy (non-hydrogen) atoms. The molecular formula is C19H29F2N5O2. The molecule has 0 amide bonds. The van der Waals surface area contributed by atoms with Crippen LogP contribution in [0.3, 0.4) is 0 Å². The van der Waals surface area contributed by atoms with Crippen LogP contribution in [0.15, 0.2) is 23.2 Å². The highest BCUT2D eigenvalue weighted by atomic mass is 19.3. The molecule has 0 spiro atoms. The third kappa shape index (κ3) is 5.45. The Morgan fingerprint density at radius 1 is 1.25 bits per heavy atom. The van der Waals surface area contributed by atoms with E-state index in [9.17, 15) is 8.78 Å². The lowest BCUT2D eigenvalue weighted by Crippen LogP contribution is -2.63. The molecule has 156 valence electrons. The number of halogens is 2. The van der Waals surface area contributed by atoms with Crippen LogP contribution in [-0.2, 0) is 6.54 Å². The summed E-state index contributed by atoms with van der Waals surface area (Å²) < 4.78 is 35.2. The first-order valence-electron chi connectivity index (χ1n) is 9.69. The number of methoxy groups -OCH3 is 1. The number of benzene rings is 1.